The van der Waals surface area contributed by atoms with Crippen LogP contribution in [-0.4, -0.2) is 56.7 Å². The highest BCUT2D eigenvalue weighted by Crippen LogP contribution is 2.22. The molecule has 1 fully saturated rings. The van der Waals surface area contributed by atoms with E-state index in [1.807, 2.05) is 4.90 Å². The van der Waals surface area contributed by atoms with E-state index in [1.54, 1.807) is 30.3 Å². The number of anilines is 1. The first kappa shape index (κ1) is 14.8. The third kappa shape index (κ3) is 3.04. The molecule has 3 rings (SSSR count). The molecule has 1 amide bonds. The number of nitrogens with zero attached hydrogens (tertiary/aromatic N) is 6. The Bertz CT molecular complexity index is 673. The van der Waals surface area contributed by atoms with Gasteiger partial charge in [-0.2, -0.15) is 5.10 Å². The molecular weight excluding hydrogens is 304 g/mol. The van der Waals surface area contributed by atoms with Crippen molar-refractivity contribution < 1.29 is 4.79 Å². The molecule has 3 heterocycles. The Morgan fingerprint density at radius 3 is 2.82 bits per heavy atom. The number of hydrogen-bond acceptors (Lipinski definition) is 5. The molecule has 0 aromatic carbocycles. The molecule has 0 aliphatic carbocycles. The van der Waals surface area contributed by atoms with Crippen LogP contribution in [0, 0.1) is 0 Å². The van der Waals surface area contributed by atoms with E-state index in [-0.39, 0.29) is 5.91 Å². The SMILES string of the molecule is Cn1cc(C(=O)N2CCCN(c3ncncc3Cl)CC2)cn1. The van der Waals surface area contributed by atoms with Gasteiger partial charge in [-0.3, -0.25) is 9.48 Å². The van der Waals surface area contributed by atoms with Gasteiger partial charge in [-0.05, 0) is 6.42 Å². The van der Waals surface area contributed by atoms with E-state index < -0.39 is 0 Å². The topological polar surface area (TPSA) is 67.2 Å². The van der Waals surface area contributed by atoms with Gasteiger partial charge in [-0.1, -0.05) is 11.6 Å². The van der Waals surface area contributed by atoms with E-state index in [4.69, 9.17) is 11.6 Å². The van der Waals surface area contributed by atoms with Crippen molar-refractivity contribution in [2.75, 3.05) is 31.1 Å². The molecule has 1 aliphatic heterocycles. The van der Waals surface area contributed by atoms with Gasteiger partial charge in [0.1, 0.15) is 11.3 Å². The zero-order valence-electron chi connectivity index (χ0n) is 12.3. The third-order valence-corrected chi connectivity index (χ3v) is 3.95. The Kier molecular flexibility index (Phi) is 4.24. The smallest absolute Gasteiger partial charge is 0.257 e. The summed E-state index contributed by atoms with van der Waals surface area (Å²) in [5, 5.41) is 4.59. The number of aryl methyl sites for hydroxylation is 1. The van der Waals surface area contributed by atoms with E-state index in [0.717, 1.165) is 18.8 Å². The molecule has 7 nitrogen and oxygen atoms in total. The van der Waals surface area contributed by atoms with Crippen LogP contribution in [0.15, 0.2) is 24.9 Å². The van der Waals surface area contributed by atoms with Crippen LogP contribution in [0.5, 0.6) is 0 Å². The van der Waals surface area contributed by atoms with Gasteiger partial charge in [0.05, 0.1) is 18.0 Å². The molecule has 116 valence electrons. The lowest BCUT2D eigenvalue weighted by Crippen LogP contribution is -2.35. The Hall–Kier alpha value is -2.15. The van der Waals surface area contributed by atoms with Crippen molar-refractivity contribution in [1.82, 2.24) is 24.6 Å². The minimum atomic E-state index is 0.0173. The second-order valence-corrected chi connectivity index (χ2v) is 5.64. The van der Waals surface area contributed by atoms with E-state index in [9.17, 15) is 4.79 Å². The van der Waals surface area contributed by atoms with E-state index >= 15 is 0 Å². The minimum absolute atomic E-state index is 0.0173. The first-order chi connectivity index (χ1) is 10.6. The maximum atomic E-state index is 12.5. The maximum absolute atomic E-state index is 12.5. The van der Waals surface area contributed by atoms with Crippen LogP contribution in [0.25, 0.3) is 0 Å². The predicted octanol–water partition coefficient (Wildman–Crippen LogP) is 1.22. The Labute approximate surface area is 133 Å². The van der Waals surface area contributed by atoms with Gasteiger partial charge in [0, 0.05) is 39.4 Å². The quantitative estimate of drug-likeness (QED) is 0.832. The molecule has 2 aromatic heterocycles. The first-order valence-corrected chi connectivity index (χ1v) is 7.51. The number of hydrogen-bond donors (Lipinski definition) is 0. The second kappa shape index (κ2) is 6.31. The van der Waals surface area contributed by atoms with Crippen molar-refractivity contribution in [3.8, 4) is 0 Å². The van der Waals surface area contributed by atoms with Crippen molar-refractivity contribution in [1.29, 1.82) is 0 Å². The summed E-state index contributed by atoms with van der Waals surface area (Å²) in [7, 11) is 1.80. The molecular formula is C14H17ClN6O. The number of rotatable bonds is 2. The summed E-state index contributed by atoms with van der Waals surface area (Å²) in [5.41, 5.74) is 0.621. The molecule has 0 spiro atoms. The van der Waals surface area contributed by atoms with Crippen LogP contribution >= 0.6 is 11.6 Å². The highest BCUT2D eigenvalue weighted by Gasteiger charge is 2.22. The number of carbonyl (C=O) groups excluding carboxylic acids is 1. The summed E-state index contributed by atoms with van der Waals surface area (Å²) < 4.78 is 1.64. The van der Waals surface area contributed by atoms with Gasteiger partial charge < -0.3 is 9.80 Å². The molecule has 0 saturated carbocycles. The molecule has 0 atom stereocenters. The van der Waals surface area contributed by atoms with Crippen LogP contribution in [0.2, 0.25) is 5.02 Å². The van der Waals surface area contributed by atoms with Crippen molar-refractivity contribution in [2.24, 2.45) is 7.05 Å². The van der Waals surface area contributed by atoms with Gasteiger partial charge in [0.15, 0.2) is 5.82 Å². The first-order valence-electron chi connectivity index (χ1n) is 7.13. The van der Waals surface area contributed by atoms with Gasteiger partial charge in [0.25, 0.3) is 5.91 Å². The molecule has 0 radical (unpaired) electrons. The Morgan fingerprint density at radius 1 is 1.23 bits per heavy atom. The highest BCUT2D eigenvalue weighted by atomic mass is 35.5. The fraction of sp³-hybridized carbons (Fsp3) is 0.429. The average Bonchev–Trinajstić information content (AvgIpc) is 2.81. The Morgan fingerprint density at radius 2 is 2.09 bits per heavy atom. The van der Waals surface area contributed by atoms with Gasteiger partial charge in [-0.15, -0.1) is 0 Å². The van der Waals surface area contributed by atoms with Gasteiger partial charge in [0.2, 0.25) is 0 Å². The summed E-state index contributed by atoms with van der Waals surface area (Å²) in [5.74, 6) is 0.746. The van der Waals surface area contributed by atoms with E-state index in [1.165, 1.54) is 6.33 Å². The largest absolute Gasteiger partial charge is 0.353 e. The number of aromatic nitrogens is 4. The van der Waals surface area contributed by atoms with Crippen molar-refractivity contribution in [2.45, 2.75) is 6.42 Å². The monoisotopic (exact) mass is 320 g/mol. The molecule has 0 unspecified atom stereocenters. The zero-order valence-corrected chi connectivity index (χ0v) is 13.1. The van der Waals surface area contributed by atoms with Crippen LogP contribution in [0.4, 0.5) is 5.82 Å². The summed E-state index contributed by atoms with van der Waals surface area (Å²) in [6, 6.07) is 0. The summed E-state index contributed by atoms with van der Waals surface area (Å²) in [6.07, 6.45) is 7.29. The number of halogens is 1. The lowest BCUT2D eigenvalue weighted by Gasteiger charge is -2.23. The van der Waals surface area contributed by atoms with Crippen LogP contribution in [0.1, 0.15) is 16.8 Å². The molecule has 2 aromatic rings. The minimum Gasteiger partial charge on any atom is -0.353 e. The van der Waals surface area contributed by atoms with E-state index in [0.29, 0.717) is 30.2 Å². The normalized spacial score (nSPS) is 15.7. The lowest BCUT2D eigenvalue weighted by atomic mass is 10.3. The molecule has 0 bridgehead atoms. The zero-order chi connectivity index (χ0) is 15.5. The standard InChI is InChI=1S/C14H17ClN6O/c1-19-9-11(7-18-19)14(22)21-4-2-3-20(5-6-21)13-12(15)8-16-10-17-13/h7-10H,2-6H2,1H3. The Balaban J connectivity index is 1.70. The average molecular weight is 321 g/mol. The van der Waals surface area contributed by atoms with Crippen LogP contribution in [-0.2, 0) is 7.05 Å². The van der Waals surface area contributed by atoms with Gasteiger partial charge >= 0.3 is 0 Å². The van der Waals surface area contributed by atoms with Crippen molar-refractivity contribution in [3.63, 3.8) is 0 Å². The lowest BCUT2D eigenvalue weighted by molar-refractivity contribution is 0.0767. The number of amides is 1. The van der Waals surface area contributed by atoms with E-state index in [2.05, 4.69) is 20.0 Å². The van der Waals surface area contributed by atoms with Crippen LogP contribution in [0.3, 0.4) is 0 Å². The summed E-state index contributed by atoms with van der Waals surface area (Å²) in [6.45, 7) is 2.86. The molecule has 1 aliphatic rings. The summed E-state index contributed by atoms with van der Waals surface area (Å²) in [4.78, 5) is 24.6. The fourth-order valence-electron chi connectivity index (χ4n) is 2.59. The number of carbonyl (C=O) groups is 1. The highest BCUT2D eigenvalue weighted by molar-refractivity contribution is 6.32. The second-order valence-electron chi connectivity index (χ2n) is 5.23. The molecule has 8 heteroatoms. The summed E-state index contributed by atoms with van der Waals surface area (Å²) >= 11 is 6.15. The van der Waals surface area contributed by atoms with Gasteiger partial charge in [-0.25, -0.2) is 9.97 Å². The van der Waals surface area contributed by atoms with Crippen molar-refractivity contribution >= 4 is 23.3 Å². The van der Waals surface area contributed by atoms with Crippen LogP contribution < -0.4 is 4.90 Å². The predicted molar refractivity (Wildman–Crippen MR) is 83.0 cm³/mol. The molecule has 1 saturated heterocycles. The maximum Gasteiger partial charge on any atom is 0.257 e. The molecule has 22 heavy (non-hydrogen) atoms. The van der Waals surface area contributed by atoms with Crippen molar-refractivity contribution in [3.05, 3.63) is 35.5 Å². The molecule has 0 N–H and O–H groups in total. The fourth-order valence-corrected chi connectivity index (χ4v) is 2.81. The third-order valence-electron chi connectivity index (χ3n) is 3.68.